The quantitative estimate of drug-likeness (QED) is 0.367. The second kappa shape index (κ2) is 11.0. The SMILES string of the molecule is Cc1ccc(OP(=S)(OC[C@@]2(C(F)F)O[C@@H](n3ccc(N)nc3=O)[C@H](F)[C@@H]2O)Oc2ccc(C)cc2)cc1. The molecule has 204 valence electrons. The number of rotatable bonds is 9. The zero-order valence-electron chi connectivity index (χ0n) is 20.2. The summed E-state index contributed by atoms with van der Waals surface area (Å²) in [6.07, 6.45) is -9.20. The minimum atomic E-state index is -3.89. The molecule has 14 heteroatoms. The number of aliphatic hydroxyl groups excluding tert-OH is 1. The number of benzene rings is 2. The molecule has 1 saturated heterocycles. The number of nitrogens with two attached hydrogens (primary N) is 1. The predicted octanol–water partition coefficient (Wildman–Crippen LogP) is 4.07. The number of aliphatic hydroxyl groups is 1. The molecular formula is C24H25F3N3O6PS. The highest BCUT2D eigenvalue weighted by Gasteiger charge is 2.62. The van der Waals surface area contributed by atoms with Gasteiger partial charge in [-0.25, -0.2) is 18.0 Å². The Labute approximate surface area is 221 Å². The van der Waals surface area contributed by atoms with E-state index >= 15 is 4.39 Å². The van der Waals surface area contributed by atoms with Crippen molar-refractivity contribution < 1.29 is 36.6 Å². The average Bonchev–Trinajstić information content (AvgIpc) is 3.12. The van der Waals surface area contributed by atoms with Crippen molar-refractivity contribution in [2.75, 3.05) is 12.3 Å². The fraction of sp³-hybridized carbons (Fsp3) is 0.333. The first-order valence-corrected chi connectivity index (χ1v) is 13.9. The summed E-state index contributed by atoms with van der Waals surface area (Å²) in [7, 11) is 0. The molecule has 1 aliphatic rings. The molecule has 0 radical (unpaired) electrons. The Morgan fingerprint density at radius 3 is 2.11 bits per heavy atom. The lowest BCUT2D eigenvalue weighted by molar-refractivity contribution is -0.192. The Bertz CT molecular complexity index is 1330. The number of aromatic nitrogens is 2. The summed E-state index contributed by atoms with van der Waals surface area (Å²) in [4.78, 5) is 15.7. The van der Waals surface area contributed by atoms with Crippen molar-refractivity contribution in [3.05, 3.63) is 82.4 Å². The maximum absolute atomic E-state index is 15.1. The van der Waals surface area contributed by atoms with E-state index in [4.69, 9.17) is 35.8 Å². The summed E-state index contributed by atoms with van der Waals surface area (Å²) in [6.45, 7) is -1.29. The number of halogens is 3. The van der Waals surface area contributed by atoms with Crippen LogP contribution >= 0.6 is 6.72 Å². The monoisotopic (exact) mass is 571 g/mol. The number of anilines is 1. The summed E-state index contributed by atoms with van der Waals surface area (Å²) in [5.41, 5.74) is 3.34. The minimum Gasteiger partial charge on any atom is -0.416 e. The Morgan fingerprint density at radius 2 is 1.63 bits per heavy atom. The van der Waals surface area contributed by atoms with E-state index in [1.54, 1.807) is 48.5 Å². The van der Waals surface area contributed by atoms with E-state index in [0.717, 1.165) is 23.4 Å². The molecule has 2 aromatic carbocycles. The zero-order valence-corrected chi connectivity index (χ0v) is 22.0. The topological polar surface area (TPSA) is 118 Å². The minimum absolute atomic E-state index is 0.161. The first kappa shape index (κ1) is 28.1. The number of aryl methyl sites for hydroxylation is 2. The van der Waals surface area contributed by atoms with Gasteiger partial charge in [-0.05, 0) is 44.2 Å². The molecule has 38 heavy (non-hydrogen) atoms. The molecule has 0 unspecified atom stereocenters. The van der Waals surface area contributed by atoms with Gasteiger partial charge in [0.2, 0.25) is 0 Å². The van der Waals surface area contributed by atoms with Crippen LogP contribution in [0.15, 0.2) is 65.6 Å². The highest BCUT2D eigenvalue weighted by Crippen LogP contribution is 2.53. The molecule has 0 amide bonds. The molecule has 9 nitrogen and oxygen atoms in total. The van der Waals surface area contributed by atoms with Gasteiger partial charge in [0.1, 0.15) is 23.4 Å². The van der Waals surface area contributed by atoms with Gasteiger partial charge in [-0.3, -0.25) is 9.09 Å². The van der Waals surface area contributed by atoms with Crippen LogP contribution in [-0.4, -0.2) is 45.6 Å². The molecule has 1 fully saturated rings. The fourth-order valence-electron chi connectivity index (χ4n) is 3.69. The van der Waals surface area contributed by atoms with Crippen LogP contribution in [-0.2, 0) is 21.1 Å². The van der Waals surface area contributed by atoms with Gasteiger partial charge in [0.25, 0.3) is 6.43 Å². The number of hydrogen-bond acceptors (Lipinski definition) is 9. The number of alkyl halides is 3. The van der Waals surface area contributed by atoms with Gasteiger partial charge in [-0.15, -0.1) is 0 Å². The number of ether oxygens (including phenoxy) is 1. The zero-order chi connectivity index (χ0) is 27.7. The van der Waals surface area contributed by atoms with Gasteiger partial charge < -0.3 is 24.6 Å². The van der Waals surface area contributed by atoms with Crippen molar-refractivity contribution in [1.29, 1.82) is 0 Å². The highest BCUT2D eigenvalue weighted by atomic mass is 32.5. The van der Waals surface area contributed by atoms with Gasteiger partial charge in [0.15, 0.2) is 18.0 Å². The van der Waals surface area contributed by atoms with Crippen LogP contribution in [0, 0.1) is 13.8 Å². The van der Waals surface area contributed by atoms with Crippen LogP contribution in [0.4, 0.5) is 19.0 Å². The van der Waals surface area contributed by atoms with Crippen molar-refractivity contribution in [2.24, 2.45) is 0 Å². The van der Waals surface area contributed by atoms with Crippen LogP contribution in [0.25, 0.3) is 0 Å². The van der Waals surface area contributed by atoms with E-state index in [-0.39, 0.29) is 17.3 Å². The summed E-state index contributed by atoms with van der Waals surface area (Å²) in [5, 5.41) is 10.6. The molecule has 0 bridgehead atoms. The van der Waals surface area contributed by atoms with Crippen molar-refractivity contribution in [1.82, 2.24) is 9.55 Å². The Kier molecular flexibility index (Phi) is 8.15. The van der Waals surface area contributed by atoms with Gasteiger partial charge in [0.05, 0.1) is 6.61 Å². The van der Waals surface area contributed by atoms with Crippen molar-refractivity contribution in [3.63, 3.8) is 0 Å². The molecule has 0 saturated carbocycles. The van der Waals surface area contributed by atoms with Crippen LogP contribution in [0.1, 0.15) is 17.4 Å². The lowest BCUT2D eigenvalue weighted by atomic mass is 9.97. The van der Waals surface area contributed by atoms with Crippen molar-refractivity contribution in [3.8, 4) is 11.5 Å². The van der Waals surface area contributed by atoms with Crippen molar-refractivity contribution >= 4 is 24.3 Å². The molecule has 0 spiro atoms. The van der Waals surface area contributed by atoms with Crippen LogP contribution in [0.2, 0.25) is 0 Å². The molecule has 4 atom stereocenters. The largest absolute Gasteiger partial charge is 0.435 e. The van der Waals surface area contributed by atoms with E-state index in [1.165, 1.54) is 0 Å². The highest BCUT2D eigenvalue weighted by molar-refractivity contribution is 8.07. The first-order chi connectivity index (χ1) is 17.9. The number of nitrogen functional groups attached to an aromatic ring is 1. The smallest absolute Gasteiger partial charge is 0.416 e. The third kappa shape index (κ3) is 5.87. The lowest BCUT2D eigenvalue weighted by Crippen LogP contribution is -2.52. The van der Waals surface area contributed by atoms with Gasteiger partial charge >= 0.3 is 12.4 Å². The average molecular weight is 572 g/mol. The molecule has 2 heterocycles. The Hall–Kier alpha value is -2.96. The summed E-state index contributed by atoms with van der Waals surface area (Å²) in [5.74, 6) is 0.322. The first-order valence-electron chi connectivity index (χ1n) is 11.3. The molecule has 4 rings (SSSR count). The molecule has 3 aromatic rings. The normalized spacial score (nSPS) is 23.5. The van der Waals surface area contributed by atoms with Crippen LogP contribution < -0.4 is 20.5 Å². The maximum atomic E-state index is 15.1. The lowest BCUT2D eigenvalue weighted by Gasteiger charge is -2.32. The van der Waals surface area contributed by atoms with Gasteiger partial charge in [-0.2, -0.15) is 4.98 Å². The van der Waals surface area contributed by atoms with Gasteiger partial charge in [-0.1, -0.05) is 35.4 Å². The maximum Gasteiger partial charge on any atom is 0.435 e. The van der Waals surface area contributed by atoms with Crippen LogP contribution in [0.3, 0.4) is 0 Å². The molecule has 0 aliphatic carbocycles. The van der Waals surface area contributed by atoms with Crippen LogP contribution in [0.5, 0.6) is 11.5 Å². The Balaban J connectivity index is 1.64. The molecule has 1 aliphatic heterocycles. The standard InChI is InChI=1S/C24H25F3N3O6PS/c1-14-3-7-16(8-4-14)35-37(38,36-17-9-5-15(2)6-10-17)33-13-24(22(26)27)20(31)19(25)21(34-24)30-12-11-18(28)29-23(30)32/h3-12,19-22,31H,13H2,1-2H3,(H2,28,29,32)/t19-,20+,21-,24-/m1/s1. The second-order valence-corrected chi connectivity index (χ2v) is 11.6. The third-order valence-corrected chi connectivity index (χ3v) is 7.91. The Morgan fingerprint density at radius 1 is 1.11 bits per heavy atom. The second-order valence-electron chi connectivity index (χ2n) is 8.72. The molecular weight excluding hydrogens is 546 g/mol. The molecule has 1 aromatic heterocycles. The summed E-state index contributed by atoms with van der Waals surface area (Å²) in [6, 6.07) is 14.5. The predicted molar refractivity (Wildman–Crippen MR) is 137 cm³/mol. The third-order valence-electron chi connectivity index (χ3n) is 5.83. The summed E-state index contributed by atoms with van der Waals surface area (Å²) < 4.78 is 67.2. The fourth-order valence-corrected chi connectivity index (χ4v) is 5.62. The van der Waals surface area contributed by atoms with E-state index in [1.807, 2.05) is 13.8 Å². The van der Waals surface area contributed by atoms with E-state index < -0.39 is 49.5 Å². The number of nitrogens with zero attached hydrogens (tertiary/aromatic N) is 2. The number of hydrogen-bond donors (Lipinski definition) is 2. The van der Waals surface area contributed by atoms with E-state index in [2.05, 4.69) is 4.98 Å². The van der Waals surface area contributed by atoms with E-state index in [0.29, 0.717) is 4.57 Å². The summed E-state index contributed by atoms with van der Waals surface area (Å²) >= 11 is 5.52. The molecule has 3 N–H and O–H groups in total. The van der Waals surface area contributed by atoms with Gasteiger partial charge in [0, 0.05) is 18.0 Å². The van der Waals surface area contributed by atoms with Crippen molar-refractivity contribution in [2.45, 2.75) is 44.4 Å². The van der Waals surface area contributed by atoms with E-state index in [9.17, 15) is 18.7 Å².